The lowest BCUT2D eigenvalue weighted by Gasteiger charge is -2.10. The second-order valence-electron chi connectivity index (χ2n) is 4.25. The molecule has 0 fully saturated rings. The van der Waals surface area contributed by atoms with E-state index in [0.717, 1.165) is 0 Å². The van der Waals surface area contributed by atoms with Crippen LogP contribution in [0.3, 0.4) is 0 Å². The summed E-state index contributed by atoms with van der Waals surface area (Å²) in [5.74, 6) is -0.0403. The number of nitrogens with zero attached hydrogens (tertiary/aromatic N) is 4. The minimum Gasteiger partial charge on any atom is -0.394 e. The second-order valence-corrected chi connectivity index (χ2v) is 4.68. The van der Waals surface area contributed by atoms with Crippen molar-refractivity contribution in [2.24, 2.45) is 0 Å². The number of halogens is 1. The van der Waals surface area contributed by atoms with E-state index >= 15 is 0 Å². The zero-order valence-electron chi connectivity index (χ0n) is 10.9. The number of hydrogen-bond acceptors (Lipinski definition) is 5. The Morgan fingerprint density at radius 2 is 2.05 bits per heavy atom. The smallest absolute Gasteiger partial charge is 0.279 e. The van der Waals surface area contributed by atoms with Crippen molar-refractivity contribution in [3.05, 3.63) is 45.7 Å². The number of carbonyl (C=O) groups is 1. The maximum atomic E-state index is 11.9. The first-order valence-electron chi connectivity index (χ1n) is 5.62. The van der Waals surface area contributed by atoms with Gasteiger partial charge in [0.15, 0.2) is 5.82 Å². The normalized spacial score (nSPS) is 10.3. The van der Waals surface area contributed by atoms with Gasteiger partial charge in [0, 0.05) is 20.3 Å². The quantitative estimate of drug-likeness (QED) is 0.873. The molecule has 2 aromatic heterocycles. The van der Waals surface area contributed by atoms with Crippen molar-refractivity contribution in [2.75, 3.05) is 19.8 Å². The van der Waals surface area contributed by atoms with E-state index < -0.39 is 5.56 Å². The van der Waals surface area contributed by atoms with Crippen LogP contribution in [0.15, 0.2) is 29.5 Å². The lowest BCUT2D eigenvalue weighted by molar-refractivity contribution is 0.0821. The van der Waals surface area contributed by atoms with Gasteiger partial charge in [-0.2, -0.15) is 0 Å². The van der Waals surface area contributed by atoms with Gasteiger partial charge >= 0.3 is 0 Å². The van der Waals surface area contributed by atoms with E-state index in [-0.39, 0.29) is 23.1 Å². The van der Waals surface area contributed by atoms with E-state index in [2.05, 4.69) is 9.97 Å². The largest absolute Gasteiger partial charge is 0.394 e. The zero-order valence-corrected chi connectivity index (χ0v) is 11.6. The van der Waals surface area contributed by atoms with Gasteiger partial charge in [0.2, 0.25) is 0 Å². The summed E-state index contributed by atoms with van der Waals surface area (Å²) < 4.78 is 1.18. The van der Waals surface area contributed by atoms with Crippen molar-refractivity contribution >= 4 is 23.2 Å². The molecule has 0 aliphatic rings. The molecular formula is C12H12ClN5O2. The molecule has 104 valence electrons. The number of rotatable bonds is 2. The van der Waals surface area contributed by atoms with Gasteiger partial charge in [-0.25, -0.2) is 9.97 Å². The minimum absolute atomic E-state index is 0.00717. The number of pyridine rings is 1. The Labute approximate surface area is 119 Å². The van der Waals surface area contributed by atoms with Gasteiger partial charge < -0.3 is 10.6 Å². The first-order chi connectivity index (χ1) is 9.40. The molecule has 2 rings (SSSR count). The molecule has 2 heterocycles. The third kappa shape index (κ3) is 2.62. The average molecular weight is 294 g/mol. The van der Waals surface area contributed by atoms with Gasteiger partial charge in [0.05, 0.1) is 23.1 Å². The third-order valence-electron chi connectivity index (χ3n) is 2.52. The van der Waals surface area contributed by atoms with Crippen molar-refractivity contribution in [1.82, 2.24) is 19.4 Å². The van der Waals surface area contributed by atoms with Gasteiger partial charge in [-0.3, -0.25) is 14.2 Å². The van der Waals surface area contributed by atoms with Gasteiger partial charge in [-0.05, 0) is 6.07 Å². The van der Waals surface area contributed by atoms with E-state index in [9.17, 15) is 9.59 Å². The maximum absolute atomic E-state index is 11.9. The van der Waals surface area contributed by atoms with E-state index in [0.29, 0.717) is 5.02 Å². The molecular weight excluding hydrogens is 282 g/mol. The van der Waals surface area contributed by atoms with Crippen molar-refractivity contribution in [1.29, 1.82) is 0 Å². The Balaban J connectivity index is 2.46. The number of amides is 1. The molecule has 8 heteroatoms. The summed E-state index contributed by atoms with van der Waals surface area (Å²) in [6.07, 6.45) is 3.99. The number of anilines is 1. The van der Waals surface area contributed by atoms with Crippen LogP contribution in [0.1, 0.15) is 10.5 Å². The Kier molecular flexibility index (Phi) is 3.71. The maximum Gasteiger partial charge on any atom is 0.279 e. The highest BCUT2D eigenvalue weighted by atomic mass is 35.5. The molecule has 1 amide bonds. The third-order valence-corrected chi connectivity index (χ3v) is 2.73. The Hall–Kier alpha value is -2.41. The molecule has 0 radical (unpaired) electrons. The van der Waals surface area contributed by atoms with Crippen LogP contribution in [0.5, 0.6) is 0 Å². The highest BCUT2D eigenvalue weighted by Crippen LogP contribution is 2.11. The van der Waals surface area contributed by atoms with Crippen LogP contribution >= 0.6 is 11.6 Å². The molecule has 0 spiro atoms. The predicted octanol–water partition coefficient (Wildman–Crippen LogP) is 0.565. The monoisotopic (exact) mass is 293 g/mol. The molecule has 7 nitrogen and oxygen atoms in total. The highest BCUT2D eigenvalue weighted by Gasteiger charge is 2.11. The fraction of sp³-hybridized carbons (Fsp3) is 0.167. The second kappa shape index (κ2) is 5.30. The average Bonchev–Trinajstić information content (AvgIpc) is 2.42. The zero-order chi connectivity index (χ0) is 14.9. The van der Waals surface area contributed by atoms with Gasteiger partial charge in [0.25, 0.3) is 11.5 Å². The topological polar surface area (TPSA) is 94.1 Å². The summed E-state index contributed by atoms with van der Waals surface area (Å²) in [7, 11) is 3.22. The van der Waals surface area contributed by atoms with Gasteiger partial charge in [0.1, 0.15) is 5.69 Å². The van der Waals surface area contributed by atoms with E-state index in [4.69, 9.17) is 17.3 Å². The highest BCUT2D eigenvalue weighted by molar-refractivity contribution is 6.30. The van der Waals surface area contributed by atoms with Crippen molar-refractivity contribution in [3.63, 3.8) is 0 Å². The predicted molar refractivity (Wildman–Crippen MR) is 75.1 cm³/mol. The fourth-order valence-electron chi connectivity index (χ4n) is 1.52. The standard InChI is InChI=1S/C12H12ClN5O2/c1-17(2)12(20)9-4-16-10(5-15-9)18-6-7(13)3-8(14)11(18)19/h3-6H,14H2,1-2H3. The summed E-state index contributed by atoms with van der Waals surface area (Å²) in [5, 5.41) is 0.303. The lowest BCUT2D eigenvalue weighted by atomic mass is 10.4. The van der Waals surface area contributed by atoms with Gasteiger partial charge in [-0.15, -0.1) is 0 Å². The number of nitrogen functional groups attached to an aromatic ring is 1. The summed E-state index contributed by atoms with van der Waals surface area (Å²) >= 11 is 5.85. The minimum atomic E-state index is -0.449. The summed E-state index contributed by atoms with van der Waals surface area (Å²) in [6, 6.07) is 1.36. The Morgan fingerprint density at radius 3 is 2.60 bits per heavy atom. The number of hydrogen-bond donors (Lipinski definition) is 1. The van der Waals surface area contributed by atoms with Crippen LogP contribution in [0.25, 0.3) is 5.82 Å². The van der Waals surface area contributed by atoms with Crippen molar-refractivity contribution < 1.29 is 4.79 Å². The molecule has 2 N–H and O–H groups in total. The van der Waals surface area contributed by atoms with Crippen molar-refractivity contribution in [2.45, 2.75) is 0 Å². The molecule has 0 saturated heterocycles. The molecule has 0 aliphatic carbocycles. The molecule has 0 saturated carbocycles. The molecule has 0 unspecified atom stereocenters. The molecule has 0 bridgehead atoms. The van der Waals surface area contributed by atoms with Crippen LogP contribution in [0, 0.1) is 0 Å². The van der Waals surface area contributed by atoms with Gasteiger partial charge in [-0.1, -0.05) is 11.6 Å². The van der Waals surface area contributed by atoms with Crippen molar-refractivity contribution in [3.8, 4) is 5.82 Å². The fourth-order valence-corrected chi connectivity index (χ4v) is 1.74. The van der Waals surface area contributed by atoms with Crippen LogP contribution in [-0.2, 0) is 0 Å². The number of aromatic nitrogens is 3. The first-order valence-corrected chi connectivity index (χ1v) is 5.99. The van der Waals surface area contributed by atoms with E-state index in [1.165, 1.54) is 34.1 Å². The molecule has 20 heavy (non-hydrogen) atoms. The summed E-state index contributed by atoms with van der Waals surface area (Å²) in [5.41, 5.74) is 5.29. The molecule has 0 atom stereocenters. The number of carbonyl (C=O) groups excluding carboxylic acids is 1. The summed E-state index contributed by atoms with van der Waals surface area (Å²) in [6.45, 7) is 0. The SMILES string of the molecule is CN(C)C(=O)c1cnc(-n2cc(Cl)cc(N)c2=O)cn1. The molecule has 0 aliphatic heterocycles. The Bertz CT molecular complexity index is 709. The first kappa shape index (κ1) is 14.0. The molecule has 0 aromatic carbocycles. The van der Waals surface area contributed by atoms with Crippen LogP contribution < -0.4 is 11.3 Å². The number of nitrogens with two attached hydrogens (primary N) is 1. The van der Waals surface area contributed by atoms with E-state index in [1.54, 1.807) is 14.1 Å². The summed E-state index contributed by atoms with van der Waals surface area (Å²) in [4.78, 5) is 33.0. The Morgan fingerprint density at radius 1 is 1.35 bits per heavy atom. The lowest BCUT2D eigenvalue weighted by Crippen LogP contribution is -2.24. The molecule has 2 aromatic rings. The van der Waals surface area contributed by atoms with Crippen LogP contribution in [0.4, 0.5) is 5.69 Å². The van der Waals surface area contributed by atoms with Crippen LogP contribution in [0.2, 0.25) is 5.02 Å². The van der Waals surface area contributed by atoms with E-state index in [1.807, 2.05) is 0 Å². The van der Waals surface area contributed by atoms with Crippen LogP contribution in [-0.4, -0.2) is 39.4 Å².